The highest BCUT2D eigenvalue weighted by atomic mass is 35.5. The molecule has 0 unspecified atom stereocenters. The third kappa shape index (κ3) is 4.09. The number of carbonyl (C=O) groups is 2. The van der Waals surface area contributed by atoms with E-state index < -0.39 is 5.97 Å². The van der Waals surface area contributed by atoms with Gasteiger partial charge in [0.25, 0.3) is 5.91 Å². The Hall–Kier alpha value is -2.70. The summed E-state index contributed by atoms with van der Waals surface area (Å²) in [5.41, 5.74) is 1.27. The van der Waals surface area contributed by atoms with Crippen molar-refractivity contribution in [3.8, 4) is 16.3 Å². The lowest BCUT2D eigenvalue weighted by Crippen LogP contribution is -2.22. The van der Waals surface area contributed by atoms with Gasteiger partial charge in [0.05, 0.1) is 11.2 Å². The van der Waals surface area contributed by atoms with Crippen LogP contribution in [0.4, 0.5) is 0 Å². The van der Waals surface area contributed by atoms with Gasteiger partial charge in [-0.3, -0.25) is 4.79 Å². The topological polar surface area (TPSA) is 68.3 Å². The second-order valence-electron chi connectivity index (χ2n) is 5.28. The molecule has 0 aliphatic carbocycles. The van der Waals surface area contributed by atoms with Crippen molar-refractivity contribution in [1.29, 1.82) is 0 Å². The van der Waals surface area contributed by atoms with Crippen LogP contribution >= 0.6 is 22.9 Å². The van der Waals surface area contributed by atoms with Gasteiger partial charge >= 0.3 is 5.97 Å². The van der Waals surface area contributed by atoms with Crippen molar-refractivity contribution in [3.05, 3.63) is 70.2 Å². The number of esters is 1. The predicted molar refractivity (Wildman–Crippen MR) is 102 cm³/mol. The number of benzene rings is 2. The molecule has 3 aromatic rings. The van der Waals surface area contributed by atoms with Crippen LogP contribution in [-0.2, 0) is 0 Å². The number of nitrogens with one attached hydrogen (secondary N) is 1. The summed E-state index contributed by atoms with van der Waals surface area (Å²) in [6.07, 6.45) is 1.47. The Morgan fingerprint density at radius 1 is 1.15 bits per heavy atom. The summed E-state index contributed by atoms with van der Waals surface area (Å²) in [5, 5.41) is 3.93. The van der Waals surface area contributed by atoms with Crippen molar-refractivity contribution in [1.82, 2.24) is 10.3 Å². The number of hydrogen-bond acceptors (Lipinski definition) is 5. The molecule has 1 aromatic heterocycles. The third-order valence-corrected chi connectivity index (χ3v) is 4.82. The summed E-state index contributed by atoms with van der Waals surface area (Å²) in [6, 6.07) is 13.7. The molecule has 0 aliphatic heterocycles. The Morgan fingerprint density at radius 2 is 1.88 bits per heavy atom. The molecule has 1 heterocycles. The summed E-state index contributed by atoms with van der Waals surface area (Å²) in [6.45, 7) is 2.40. The minimum absolute atomic E-state index is 0.169. The Morgan fingerprint density at radius 3 is 2.58 bits per heavy atom. The maximum atomic E-state index is 12.3. The van der Waals surface area contributed by atoms with Crippen LogP contribution in [0, 0.1) is 0 Å². The van der Waals surface area contributed by atoms with Crippen LogP contribution in [0.2, 0.25) is 5.02 Å². The molecule has 0 saturated carbocycles. The van der Waals surface area contributed by atoms with Crippen molar-refractivity contribution in [2.24, 2.45) is 0 Å². The highest BCUT2D eigenvalue weighted by Gasteiger charge is 2.15. The number of carbonyl (C=O) groups excluding carboxylic acids is 2. The zero-order valence-electron chi connectivity index (χ0n) is 13.9. The number of amides is 1. The Bertz CT molecular complexity index is 938. The Labute approximate surface area is 159 Å². The monoisotopic (exact) mass is 386 g/mol. The standard InChI is InChI=1S/C19H15ClN2O3S/c1-2-21-17(23)12-7-9-13(10-8-12)25-19(24)16-11-22-18(26-16)14-5-3-4-6-15(14)20/h3-11H,2H2,1H3,(H,21,23). The highest BCUT2D eigenvalue weighted by molar-refractivity contribution is 7.16. The number of nitrogens with zero attached hydrogens (tertiary/aromatic N) is 1. The summed E-state index contributed by atoms with van der Waals surface area (Å²) in [5.74, 6) is -0.320. The molecule has 0 atom stereocenters. The summed E-state index contributed by atoms with van der Waals surface area (Å²) < 4.78 is 5.34. The average Bonchev–Trinajstić information content (AvgIpc) is 3.13. The number of thiazole rings is 1. The predicted octanol–water partition coefficient (Wildman–Crippen LogP) is 4.43. The minimum Gasteiger partial charge on any atom is -0.422 e. The van der Waals surface area contributed by atoms with Crippen LogP contribution in [0.5, 0.6) is 5.75 Å². The largest absolute Gasteiger partial charge is 0.422 e. The van der Waals surface area contributed by atoms with Gasteiger partial charge in [-0.2, -0.15) is 0 Å². The van der Waals surface area contributed by atoms with Crippen molar-refractivity contribution < 1.29 is 14.3 Å². The summed E-state index contributed by atoms with van der Waals surface area (Å²) in [7, 11) is 0. The summed E-state index contributed by atoms with van der Waals surface area (Å²) >= 11 is 7.37. The van der Waals surface area contributed by atoms with Crippen LogP contribution in [-0.4, -0.2) is 23.4 Å². The van der Waals surface area contributed by atoms with E-state index in [2.05, 4.69) is 10.3 Å². The van der Waals surface area contributed by atoms with Gasteiger partial charge in [0.1, 0.15) is 15.6 Å². The lowest BCUT2D eigenvalue weighted by molar-refractivity contribution is 0.0739. The molecular weight excluding hydrogens is 372 g/mol. The lowest BCUT2D eigenvalue weighted by atomic mass is 10.2. The van der Waals surface area contributed by atoms with E-state index in [4.69, 9.17) is 16.3 Å². The molecule has 26 heavy (non-hydrogen) atoms. The number of rotatable bonds is 5. The van der Waals surface area contributed by atoms with Gasteiger partial charge in [-0.1, -0.05) is 29.8 Å². The van der Waals surface area contributed by atoms with Crippen molar-refractivity contribution >= 4 is 34.8 Å². The van der Waals surface area contributed by atoms with E-state index in [1.807, 2.05) is 25.1 Å². The molecule has 1 amide bonds. The second kappa shape index (κ2) is 8.12. The molecule has 7 heteroatoms. The van der Waals surface area contributed by atoms with Crippen molar-refractivity contribution in [2.75, 3.05) is 6.54 Å². The van der Waals surface area contributed by atoms with Gasteiger partial charge in [-0.05, 0) is 37.3 Å². The van der Waals surface area contributed by atoms with Crippen molar-refractivity contribution in [3.63, 3.8) is 0 Å². The Kier molecular flexibility index (Phi) is 5.65. The molecule has 1 N–H and O–H groups in total. The first kappa shape index (κ1) is 18.1. The first-order valence-electron chi connectivity index (χ1n) is 7.89. The van der Waals surface area contributed by atoms with Crippen LogP contribution in [0.15, 0.2) is 54.7 Å². The van der Waals surface area contributed by atoms with E-state index in [1.165, 1.54) is 17.5 Å². The van der Waals surface area contributed by atoms with Gasteiger partial charge in [-0.25, -0.2) is 9.78 Å². The van der Waals surface area contributed by atoms with Gasteiger partial charge in [-0.15, -0.1) is 11.3 Å². The second-order valence-corrected chi connectivity index (χ2v) is 6.72. The molecule has 0 fully saturated rings. The zero-order valence-corrected chi connectivity index (χ0v) is 15.4. The normalized spacial score (nSPS) is 10.4. The van der Waals surface area contributed by atoms with E-state index in [9.17, 15) is 9.59 Å². The molecule has 0 radical (unpaired) electrons. The molecule has 0 bridgehead atoms. The number of ether oxygens (including phenoxy) is 1. The zero-order chi connectivity index (χ0) is 18.5. The van der Waals surface area contributed by atoms with E-state index in [-0.39, 0.29) is 5.91 Å². The average molecular weight is 387 g/mol. The Balaban J connectivity index is 1.71. The highest BCUT2D eigenvalue weighted by Crippen LogP contribution is 2.31. The quantitative estimate of drug-likeness (QED) is 0.520. The van der Waals surface area contributed by atoms with Gasteiger partial charge < -0.3 is 10.1 Å². The fraction of sp³-hybridized carbons (Fsp3) is 0.105. The molecule has 0 spiro atoms. The minimum atomic E-state index is -0.508. The molecule has 0 saturated heterocycles. The number of hydrogen-bond donors (Lipinski definition) is 1. The fourth-order valence-corrected chi connectivity index (χ4v) is 3.34. The molecule has 132 valence electrons. The van der Waals surface area contributed by atoms with E-state index in [0.717, 1.165) is 5.56 Å². The SMILES string of the molecule is CCNC(=O)c1ccc(OC(=O)c2cnc(-c3ccccc3Cl)s2)cc1. The smallest absolute Gasteiger partial charge is 0.355 e. The third-order valence-electron chi connectivity index (χ3n) is 3.48. The van der Waals surface area contributed by atoms with Crippen LogP contribution in [0.25, 0.3) is 10.6 Å². The molecule has 5 nitrogen and oxygen atoms in total. The van der Waals surface area contributed by atoms with Crippen molar-refractivity contribution in [2.45, 2.75) is 6.92 Å². The van der Waals surface area contributed by atoms with Gasteiger partial charge in [0.15, 0.2) is 0 Å². The first-order valence-corrected chi connectivity index (χ1v) is 9.09. The molecule has 2 aromatic carbocycles. The summed E-state index contributed by atoms with van der Waals surface area (Å²) in [4.78, 5) is 28.6. The van der Waals surface area contributed by atoms with Gasteiger partial charge in [0, 0.05) is 17.7 Å². The molecule has 3 rings (SSSR count). The van der Waals surface area contributed by atoms with E-state index in [1.54, 1.807) is 30.3 Å². The number of halogens is 1. The first-order chi connectivity index (χ1) is 12.6. The number of aromatic nitrogens is 1. The van der Waals surface area contributed by atoms with E-state index in [0.29, 0.717) is 32.8 Å². The molecular formula is C19H15ClN2O3S. The van der Waals surface area contributed by atoms with Crippen LogP contribution in [0.1, 0.15) is 27.0 Å². The maximum absolute atomic E-state index is 12.3. The maximum Gasteiger partial charge on any atom is 0.355 e. The van der Waals surface area contributed by atoms with Crippen LogP contribution < -0.4 is 10.1 Å². The van der Waals surface area contributed by atoms with Gasteiger partial charge in [0.2, 0.25) is 0 Å². The molecule has 0 aliphatic rings. The lowest BCUT2D eigenvalue weighted by Gasteiger charge is -2.05. The van der Waals surface area contributed by atoms with Crippen LogP contribution in [0.3, 0.4) is 0 Å². The fourth-order valence-electron chi connectivity index (χ4n) is 2.22. The van der Waals surface area contributed by atoms with E-state index >= 15 is 0 Å².